The van der Waals surface area contributed by atoms with E-state index in [4.69, 9.17) is 4.74 Å². The van der Waals surface area contributed by atoms with Crippen LogP contribution in [0.25, 0.3) is 0 Å². The third-order valence-corrected chi connectivity index (χ3v) is 8.48. The molecule has 0 spiro atoms. The van der Waals surface area contributed by atoms with Crippen LogP contribution in [0.1, 0.15) is 34.8 Å². The minimum absolute atomic E-state index is 0.0826. The van der Waals surface area contributed by atoms with Gasteiger partial charge in [-0.05, 0) is 79.3 Å². The molecule has 2 aromatic carbocycles. The highest BCUT2D eigenvalue weighted by atomic mass is 32.2. The average Bonchev–Trinajstić information content (AvgIpc) is 3.55. The van der Waals surface area contributed by atoms with Gasteiger partial charge in [-0.3, -0.25) is 14.4 Å². The van der Waals surface area contributed by atoms with E-state index in [1.165, 1.54) is 0 Å². The molecule has 4 rings (SSSR count). The maximum atomic E-state index is 12.8. The highest BCUT2D eigenvalue weighted by Crippen LogP contribution is 2.26. The summed E-state index contributed by atoms with van der Waals surface area (Å²) in [6.07, 6.45) is 2.31. The van der Waals surface area contributed by atoms with E-state index in [-0.39, 0.29) is 16.2 Å². The third kappa shape index (κ3) is 5.73. The van der Waals surface area contributed by atoms with Gasteiger partial charge in [0.1, 0.15) is 9.96 Å². The lowest BCUT2D eigenvalue weighted by atomic mass is 10.0. The minimum atomic E-state index is -3.62. The van der Waals surface area contributed by atoms with Gasteiger partial charge < -0.3 is 10.1 Å². The molecular weight excluding hydrogens is 458 g/mol. The molecule has 1 unspecified atom stereocenters. The fraction of sp³-hybridized carbons (Fsp3) is 0.292. The number of likely N-dealkylation sites (tertiary alicyclic amines) is 1. The number of carbonyl (C=O) groups is 1. The van der Waals surface area contributed by atoms with E-state index < -0.39 is 10.0 Å². The van der Waals surface area contributed by atoms with Crippen LogP contribution in [-0.4, -0.2) is 46.0 Å². The molecule has 1 fully saturated rings. The van der Waals surface area contributed by atoms with Gasteiger partial charge in [0.15, 0.2) is 0 Å². The number of sulfonamides is 1. The van der Waals surface area contributed by atoms with Gasteiger partial charge in [-0.2, -0.15) is 0 Å². The number of hydrogen-bond donors (Lipinski definition) is 2. The number of benzene rings is 2. The Morgan fingerprint density at radius 1 is 1.06 bits per heavy atom. The lowest BCUT2D eigenvalue weighted by Crippen LogP contribution is -2.36. The smallest absolute Gasteiger partial charge is 0.271 e. The molecule has 1 aromatic heterocycles. The molecule has 1 aliphatic heterocycles. The van der Waals surface area contributed by atoms with E-state index in [0.29, 0.717) is 17.8 Å². The molecule has 174 valence electrons. The fourth-order valence-corrected chi connectivity index (χ4v) is 5.99. The molecule has 1 saturated heterocycles. The second-order valence-electron chi connectivity index (χ2n) is 7.86. The summed E-state index contributed by atoms with van der Waals surface area (Å²) in [5.74, 6) is 0.609. The van der Waals surface area contributed by atoms with Crippen LogP contribution in [0.5, 0.6) is 5.75 Å². The van der Waals surface area contributed by atoms with E-state index in [1.807, 2.05) is 24.3 Å². The van der Waals surface area contributed by atoms with Crippen LogP contribution in [0, 0.1) is 0 Å². The van der Waals surface area contributed by atoms with Crippen molar-refractivity contribution in [1.82, 2.24) is 10.2 Å². The third-order valence-electron chi connectivity index (χ3n) is 5.70. The van der Waals surface area contributed by atoms with Crippen LogP contribution in [0.2, 0.25) is 0 Å². The standard InChI is InChI=1S/C24H27N3O4S2/c1-31-21-12-8-18(9-13-21)22(27-14-2-3-15-27)17-25-24(28)19-6-10-20(11-7-19)26-33(29,30)23-5-4-16-32-23/h4-13,16,22,26H,2-3,14-15,17H2,1H3,(H,25,28). The molecule has 33 heavy (non-hydrogen) atoms. The van der Waals surface area contributed by atoms with Gasteiger partial charge in [0.25, 0.3) is 15.9 Å². The quantitative estimate of drug-likeness (QED) is 0.476. The van der Waals surface area contributed by atoms with Crippen molar-refractivity contribution in [3.63, 3.8) is 0 Å². The summed E-state index contributed by atoms with van der Waals surface area (Å²) in [6.45, 7) is 2.50. The maximum absolute atomic E-state index is 12.8. The maximum Gasteiger partial charge on any atom is 0.271 e. The van der Waals surface area contributed by atoms with Gasteiger partial charge in [0.2, 0.25) is 0 Å². The van der Waals surface area contributed by atoms with Gasteiger partial charge in [-0.1, -0.05) is 18.2 Å². The molecule has 7 nitrogen and oxygen atoms in total. The molecule has 1 amide bonds. The zero-order chi connectivity index (χ0) is 23.3. The first-order valence-corrected chi connectivity index (χ1v) is 13.1. The van der Waals surface area contributed by atoms with Crippen molar-refractivity contribution in [2.24, 2.45) is 0 Å². The highest BCUT2D eigenvalue weighted by molar-refractivity contribution is 7.94. The van der Waals surface area contributed by atoms with Gasteiger partial charge in [-0.15, -0.1) is 11.3 Å². The van der Waals surface area contributed by atoms with E-state index in [9.17, 15) is 13.2 Å². The largest absolute Gasteiger partial charge is 0.497 e. The molecule has 9 heteroatoms. The lowest BCUT2D eigenvalue weighted by molar-refractivity contribution is 0.0938. The van der Waals surface area contributed by atoms with Crippen LogP contribution < -0.4 is 14.8 Å². The molecule has 0 radical (unpaired) electrons. The molecule has 0 aliphatic carbocycles. The monoisotopic (exact) mass is 485 g/mol. The number of carbonyl (C=O) groups excluding carboxylic acids is 1. The molecule has 3 aromatic rings. The van der Waals surface area contributed by atoms with Gasteiger partial charge >= 0.3 is 0 Å². The molecule has 0 saturated carbocycles. The van der Waals surface area contributed by atoms with Crippen LogP contribution >= 0.6 is 11.3 Å². The predicted octanol–water partition coefficient (Wildman–Crippen LogP) is 4.12. The summed E-state index contributed by atoms with van der Waals surface area (Å²) in [6, 6.07) is 17.7. The van der Waals surface area contributed by atoms with Crippen molar-refractivity contribution in [2.45, 2.75) is 23.1 Å². The second kappa shape index (κ2) is 10.4. The lowest BCUT2D eigenvalue weighted by Gasteiger charge is -2.28. The molecule has 2 heterocycles. The summed E-state index contributed by atoms with van der Waals surface area (Å²) in [4.78, 5) is 15.2. The fourth-order valence-electron chi connectivity index (χ4n) is 3.94. The number of thiophene rings is 1. The Bertz CT molecular complexity index is 1160. The second-order valence-corrected chi connectivity index (χ2v) is 10.7. The topological polar surface area (TPSA) is 87.7 Å². The Labute approximate surface area is 198 Å². The number of ether oxygens (including phenoxy) is 1. The van der Waals surface area contributed by atoms with Gasteiger partial charge in [0, 0.05) is 17.8 Å². The van der Waals surface area contributed by atoms with Gasteiger partial charge in [0.05, 0.1) is 13.2 Å². The van der Waals surface area contributed by atoms with Crippen molar-refractivity contribution in [2.75, 3.05) is 31.5 Å². The number of methoxy groups -OCH3 is 1. The van der Waals surface area contributed by atoms with E-state index in [0.717, 1.165) is 48.6 Å². The first-order valence-electron chi connectivity index (χ1n) is 10.8. The van der Waals surface area contributed by atoms with Gasteiger partial charge in [-0.25, -0.2) is 8.42 Å². The van der Waals surface area contributed by atoms with Crippen molar-refractivity contribution < 1.29 is 17.9 Å². The van der Waals surface area contributed by atoms with Crippen molar-refractivity contribution in [1.29, 1.82) is 0 Å². The summed E-state index contributed by atoms with van der Waals surface area (Å²) in [5.41, 5.74) is 2.02. The Morgan fingerprint density at radius 2 is 1.76 bits per heavy atom. The Balaban J connectivity index is 1.40. The van der Waals surface area contributed by atoms with Crippen molar-refractivity contribution in [3.8, 4) is 5.75 Å². The number of hydrogen-bond acceptors (Lipinski definition) is 6. The van der Waals surface area contributed by atoms with Crippen LogP contribution in [0.15, 0.2) is 70.3 Å². The molecular formula is C24H27N3O4S2. The number of anilines is 1. The van der Waals surface area contributed by atoms with Crippen LogP contribution in [-0.2, 0) is 10.0 Å². The number of amides is 1. The first kappa shape index (κ1) is 23.3. The normalized spacial score (nSPS) is 15.2. The Kier molecular flexibility index (Phi) is 7.32. The zero-order valence-corrected chi connectivity index (χ0v) is 20.0. The van der Waals surface area contributed by atoms with Crippen LogP contribution in [0.4, 0.5) is 5.69 Å². The number of rotatable bonds is 9. The minimum Gasteiger partial charge on any atom is -0.497 e. The summed E-state index contributed by atoms with van der Waals surface area (Å²) in [5, 5.41) is 4.76. The SMILES string of the molecule is COc1ccc(C(CNC(=O)c2ccc(NS(=O)(=O)c3cccs3)cc2)N2CCCC2)cc1. The molecule has 1 aliphatic rings. The van der Waals surface area contributed by atoms with Crippen molar-refractivity contribution in [3.05, 3.63) is 77.2 Å². The summed E-state index contributed by atoms with van der Waals surface area (Å²) >= 11 is 1.15. The van der Waals surface area contributed by atoms with Crippen LogP contribution in [0.3, 0.4) is 0 Å². The molecule has 2 N–H and O–H groups in total. The Morgan fingerprint density at radius 3 is 2.36 bits per heavy atom. The van der Waals surface area contributed by atoms with E-state index in [2.05, 4.69) is 14.9 Å². The molecule has 0 bridgehead atoms. The summed E-state index contributed by atoms with van der Waals surface area (Å²) < 4.78 is 32.8. The first-order chi connectivity index (χ1) is 16.0. The zero-order valence-electron chi connectivity index (χ0n) is 18.4. The molecule has 1 atom stereocenters. The Hall–Kier alpha value is -2.88. The number of nitrogens with zero attached hydrogens (tertiary/aromatic N) is 1. The average molecular weight is 486 g/mol. The highest BCUT2D eigenvalue weighted by Gasteiger charge is 2.24. The number of nitrogens with one attached hydrogen (secondary N) is 2. The van der Waals surface area contributed by atoms with Crippen molar-refractivity contribution >= 4 is 33.0 Å². The van der Waals surface area contributed by atoms with E-state index in [1.54, 1.807) is 48.9 Å². The van der Waals surface area contributed by atoms with E-state index >= 15 is 0 Å². The summed E-state index contributed by atoms with van der Waals surface area (Å²) in [7, 11) is -1.97. The predicted molar refractivity (Wildman–Crippen MR) is 130 cm³/mol.